The van der Waals surface area contributed by atoms with Crippen molar-refractivity contribution in [3.63, 3.8) is 0 Å². The summed E-state index contributed by atoms with van der Waals surface area (Å²) in [7, 11) is 0. The number of carbonyl (C=O) groups is 1. The highest BCUT2D eigenvalue weighted by molar-refractivity contribution is 5.96. The third kappa shape index (κ3) is 3.42. The number of halogens is 2. The standard InChI is InChI=1S/C12H14F2O/c1-12(2,3)7-11(15)9-6-8(13)4-5-10(9)14/h4-6H,7H2,1-3H3. The topological polar surface area (TPSA) is 17.1 Å². The quantitative estimate of drug-likeness (QED) is 0.685. The molecule has 0 N–H and O–H groups in total. The van der Waals surface area contributed by atoms with Crippen molar-refractivity contribution in [1.29, 1.82) is 0 Å². The van der Waals surface area contributed by atoms with E-state index in [0.717, 1.165) is 18.2 Å². The fourth-order valence-corrected chi connectivity index (χ4v) is 1.29. The zero-order valence-corrected chi connectivity index (χ0v) is 9.10. The molecule has 0 aliphatic carbocycles. The smallest absolute Gasteiger partial charge is 0.166 e. The van der Waals surface area contributed by atoms with Crippen LogP contribution in [0.2, 0.25) is 0 Å². The number of rotatable bonds is 2. The summed E-state index contributed by atoms with van der Waals surface area (Å²) in [6.07, 6.45) is 0.202. The van der Waals surface area contributed by atoms with Crippen molar-refractivity contribution in [3.05, 3.63) is 35.4 Å². The number of hydrogen-bond acceptors (Lipinski definition) is 1. The molecule has 15 heavy (non-hydrogen) atoms. The van der Waals surface area contributed by atoms with Crippen molar-refractivity contribution < 1.29 is 13.6 Å². The summed E-state index contributed by atoms with van der Waals surface area (Å²) in [6, 6.07) is 2.93. The molecule has 1 aromatic carbocycles. The molecule has 0 aromatic heterocycles. The van der Waals surface area contributed by atoms with Crippen LogP contribution in [0.25, 0.3) is 0 Å². The predicted octanol–water partition coefficient (Wildman–Crippen LogP) is 3.58. The minimum Gasteiger partial charge on any atom is -0.294 e. The fraction of sp³-hybridized carbons (Fsp3) is 0.417. The number of Topliss-reactive ketones (excluding diaryl/α,β-unsaturated/α-hetero) is 1. The van der Waals surface area contributed by atoms with Crippen LogP contribution in [0.1, 0.15) is 37.6 Å². The Hall–Kier alpha value is -1.25. The average Bonchev–Trinajstić information content (AvgIpc) is 2.06. The summed E-state index contributed by atoms with van der Waals surface area (Å²) >= 11 is 0. The minimum absolute atomic E-state index is 0.162. The lowest BCUT2D eigenvalue weighted by atomic mass is 9.88. The number of hydrogen-bond donors (Lipinski definition) is 0. The van der Waals surface area contributed by atoms with Gasteiger partial charge in [-0.25, -0.2) is 8.78 Å². The molecule has 1 nitrogen and oxygen atoms in total. The van der Waals surface area contributed by atoms with Crippen LogP contribution < -0.4 is 0 Å². The second-order valence-electron chi connectivity index (χ2n) is 4.78. The summed E-state index contributed by atoms with van der Waals surface area (Å²) in [5.74, 6) is -1.61. The van der Waals surface area contributed by atoms with Gasteiger partial charge in [0.1, 0.15) is 11.6 Å². The lowest BCUT2D eigenvalue weighted by molar-refractivity contribution is 0.0935. The van der Waals surface area contributed by atoms with E-state index in [1.807, 2.05) is 20.8 Å². The van der Waals surface area contributed by atoms with Crippen LogP contribution in [0.4, 0.5) is 8.78 Å². The van der Waals surface area contributed by atoms with Crippen LogP contribution >= 0.6 is 0 Å². The van der Waals surface area contributed by atoms with E-state index in [-0.39, 0.29) is 23.2 Å². The first-order chi connectivity index (χ1) is 6.79. The van der Waals surface area contributed by atoms with Crippen LogP contribution in [-0.4, -0.2) is 5.78 Å². The van der Waals surface area contributed by atoms with E-state index in [9.17, 15) is 13.6 Å². The molecule has 0 saturated heterocycles. The first kappa shape index (κ1) is 11.8. The molecular formula is C12H14F2O. The Kier molecular flexibility index (Phi) is 3.22. The van der Waals surface area contributed by atoms with Crippen LogP contribution in [0.5, 0.6) is 0 Å². The summed E-state index contributed by atoms with van der Waals surface area (Å²) in [4.78, 5) is 11.6. The molecule has 1 rings (SSSR count). The van der Waals surface area contributed by atoms with E-state index in [1.54, 1.807) is 0 Å². The first-order valence-electron chi connectivity index (χ1n) is 4.78. The number of ketones is 1. The van der Waals surface area contributed by atoms with E-state index < -0.39 is 11.6 Å². The zero-order valence-electron chi connectivity index (χ0n) is 9.10. The third-order valence-electron chi connectivity index (χ3n) is 1.92. The highest BCUT2D eigenvalue weighted by atomic mass is 19.1. The molecule has 0 saturated carbocycles. The van der Waals surface area contributed by atoms with E-state index in [0.29, 0.717) is 0 Å². The number of benzene rings is 1. The lowest BCUT2D eigenvalue weighted by Crippen LogP contribution is -2.14. The Morgan fingerprint density at radius 1 is 1.27 bits per heavy atom. The molecule has 0 spiro atoms. The van der Waals surface area contributed by atoms with Gasteiger partial charge in [-0.1, -0.05) is 20.8 Å². The molecule has 82 valence electrons. The van der Waals surface area contributed by atoms with E-state index in [1.165, 1.54) is 0 Å². The maximum Gasteiger partial charge on any atom is 0.166 e. The Balaban J connectivity index is 2.96. The largest absolute Gasteiger partial charge is 0.294 e. The van der Waals surface area contributed by atoms with Crippen molar-refractivity contribution in [2.75, 3.05) is 0 Å². The maximum atomic E-state index is 13.2. The monoisotopic (exact) mass is 212 g/mol. The zero-order chi connectivity index (χ0) is 11.6. The predicted molar refractivity (Wildman–Crippen MR) is 54.8 cm³/mol. The molecule has 1 aromatic rings. The molecule has 0 amide bonds. The molecule has 0 unspecified atom stereocenters. The normalized spacial score (nSPS) is 11.5. The van der Waals surface area contributed by atoms with Gasteiger partial charge in [0.15, 0.2) is 5.78 Å². The van der Waals surface area contributed by atoms with Gasteiger partial charge in [-0.05, 0) is 23.6 Å². The molecule has 0 atom stereocenters. The lowest BCUT2D eigenvalue weighted by Gasteiger charge is -2.16. The van der Waals surface area contributed by atoms with Gasteiger partial charge < -0.3 is 0 Å². The van der Waals surface area contributed by atoms with Crippen molar-refractivity contribution in [3.8, 4) is 0 Å². The Bertz CT molecular complexity index is 378. The van der Waals surface area contributed by atoms with Gasteiger partial charge >= 0.3 is 0 Å². The van der Waals surface area contributed by atoms with Crippen LogP contribution in [0.15, 0.2) is 18.2 Å². The van der Waals surface area contributed by atoms with Gasteiger partial charge in [-0.15, -0.1) is 0 Å². The molecule has 0 bridgehead atoms. The second kappa shape index (κ2) is 4.09. The molecule has 0 radical (unpaired) electrons. The fourth-order valence-electron chi connectivity index (χ4n) is 1.29. The van der Waals surface area contributed by atoms with Crippen molar-refractivity contribution in [2.45, 2.75) is 27.2 Å². The molecule has 0 heterocycles. The average molecular weight is 212 g/mol. The third-order valence-corrected chi connectivity index (χ3v) is 1.92. The summed E-state index contributed by atoms with van der Waals surface area (Å²) in [5, 5.41) is 0. The van der Waals surface area contributed by atoms with E-state index >= 15 is 0 Å². The van der Waals surface area contributed by atoms with Crippen LogP contribution in [0.3, 0.4) is 0 Å². The van der Waals surface area contributed by atoms with Gasteiger partial charge in [0.05, 0.1) is 5.56 Å². The van der Waals surface area contributed by atoms with E-state index in [2.05, 4.69) is 0 Å². The van der Waals surface area contributed by atoms with Gasteiger partial charge in [-0.3, -0.25) is 4.79 Å². The Labute approximate surface area is 88.1 Å². The Morgan fingerprint density at radius 2 is 1.87 bits per heavy atom. The summed E-state index contributed by atoms with van der Waals surface area (Å²) in [5.41, 5.74) is -0.388. The summed E-state index contributed by atoms with van der Waals surface area (Å²) in [6.45, 7) is 5.63. The summed E-state index contributed by atoms with van der Waals surface area (Å²) < 4.78 is 26.0. The Morgan fingerprint density at radius 3 is 2.40 bits per heavy atom. The van der Waals surface area contributed by atoms with Crippen molar-refractivity contribution in [2.24, 2.45) is 5.41 Å². The van der Waals surface area contributed by atoms with Crippen LogP contribution in [-0.2, 0) is 0 Å². The first-order valence-corrected chi connectivity index (χ1v) is 4.78. The highest BCUT2D eigenvalue weighted by Gasteiger charge is 2.20. The molecule has 0 aliphatic heterocycles. The molecule has 0 aliphatic rings. The van der Waals surface area contributed by atoms with Crippen molar-refractivity contribution in [1.82, 2.24) is 0 Å². The van der Waals surface area contributed by atoms with Crippen molar-refractivity contribution >= 4 is 5.78 Å². The highest BCUT2D eigenvalue weighted by Crippen LogP contribution is 2.22. The van der Waals surface area contributed by atoms with Gasteiger partial charge in [-0.2, -0.15) is 0 Å². The minimum atomic E-state index is -0.661. The number of carbonyl (C=O) groups excluding carboxylic acids is 1. The molecular weight excluding hydrogens is 198 g/mol. The molecule has 0 fully saturated rings. The molecule has 3 heteroatoms. The van der Waals surface area contributed by atoms with Gasteiger partial charge in [0.25, 0.3) is 0 Å². The van der Waals surface area contributed by atoms with E-state index in [4.69, 9.17) is 0 Å². The van der Waals surface area contributed by atoms with Gasteiger partial charge in [0, 0.05) is 6.42 Å². The van der Waals surface area contributed by atoms with Crippen LogP contribution in [0, 0.1) is 17.0 Å². The van der Waals surface area contributed by atoms with Gasteiger partial charge in [0.2, 0.25) is 0 Å². The maximum absolute atomic E-state index is 13.2. The SMILES string of the molecule is CC(C)(C)CC(=O)c1cc(F)ccc1F. The second-order valence-corrected chi connectivity index (χ2v) is 4.78.